The minimum Gasteiger partial charge on any atom is -0.330 e. The molecule has 2 aromatic heterocycles. The Morgan fingerprint density at radius 1 is 1.39 bits per heavy atom. The van der Waals surface area contributed by atoms with Gasteiger partial charge < -0.3 is 4.98 Å². The third-order valence-electron chi connectivity index (χ3n) is 2.91. The molecule has 0 radical (unpaired) electrons. The molecule has 0 amide bonds. The monoisotopic (exact) mass is 262 g/mol. The van der Waals surface area contributed by atoms with Crippen molar-refractivity contribution in [3.8, 4) is 5.69 Å². The minimum absolute atomic E-state index is 0.239. The molecule has 3 rings (SSSR count). The number of rotatable bonds is 1. The molecule has 0 atom stereocenters. The Balaban J connectivity index is 2.38. The van der Waals surface area contributed by atoms with Crippen LogP contribution in [0.4, 0.5) is 4.39 Å². The van der Waals surface area contributed by atoms with Gasteiger partial charge in [-0.25, -0.2) is 4.39 Å². The first kappa shape index (κ1) is 11.2. The van der Waals surface area contributed by atoms with E-state index in [9.17, 15) is 4.39 Å². The van der Waals surface area contributed by atoms with Crippen molar-refractivity contribution >= 4 is 23.3 Å². The zero-order chi connectivity index (χ0) is 12.9. The van der Waals surface area contributed by atoms with Crippen LogP contribution >= 0.6 is 12.2 Å². The van der Waals surface area contributed by atoms with Gasteiger partial charge in [-0.3, -0.25) is 9.25 Å². The van der Waals surface area contributed by atoms with E-state index < -0.39 is 0 Å². The van der Waals surface area contributed by atoms with E-state index in [1.165, 1.54) is 6.07 Å². The summed E-state index contributed by atoms with van der Waals surface area (Å²) in [5.41, 5.74) is 2.99. The number of benzene rings is 1. The van der Waals surface area contributed by atoms with Crippen molar-refractivity contribution in [1.29, 1.82) is 0 Å². The second-order valence-corrected chi connectivity index (χ2v) is 4.64. The number of hydrogen-bond acceptors (Lipinski definition) is 2. The van der Waals surface area contributed by atoms with E-state index in [4.69, 9.17) is 12.2 Å². The lowest BCUT2D eigenvalue weighted by Gasteiger charge is -2.01. The number of aryl methyl sites for hydroxylation is 2. The van der Waals surface area contributed by atoms with Gasteiger partial charge in [-0.05, 0) is 36.8 Å². The molecular formula is C12H11FN4S. The number of aromatic amines is 1. The molecule has 0 aliphatic carbocycles. The van der Waals surface area contributed by atoms with Crippen LogP contribution in [-0.2, 0) is 7.05 Å². The summed E-state index contributed by atoms with van der Waals surface area (Å²) in [6.07, 6.45) is 3.59. The van der Waals surface area contributed by atoms with E-state index in [1.807, 2.05) is 17.8 Å². The first-order chi connectivity index (χ1) is 8.56. The highest BCUT2D eigenvalue weighted by Gasteiger charge is 2.10. The summed E-state index contributed by atoms with van der Waals surface area (Å²) in [4.78, 5) is 3.00. The van der Waals surface area contributed by atoms with Crippen LogP contribution in [0.1, 0.15) is 5.56 Å². The molecule has 0 aliphatic rings. The predicted octanol–water partition coefficient (Wildman–Crippen LogP) is 2.87. The lowest BCUT2D eigenvalue weighted by atomic mass is 10.2. The molecule has 18 heavy (non-hydrogen) atoms. The average Bonchev–Trinajstić information content (AvgIpc) is 2.83. The lowest BCUT2D eigenvalue weighted by Crippen LogP contribution is -1.93. The van der Waals surface area contributed by atoms with Gasteiger partial charge in [-0.2, -0.15) is 5.10 Å². The summed E-state index contributed by atoms with van der Waals surface area (Å²) >= 11 is 5.28. The van der Waals surface area contributed by atoms with Crippen molar-refractivity contribution in [2.75, 3.05) is 0 Å². The lowest BCUT2D eigenvalue weighted by molar-refractivity contribution is 0.620. The van der Waals surface area contributed by atoms with E-state index in [0.717, 1.165) is 11.2 Å². The van der Waals surface area contributed by atoms with Gasteiger partial charge in [0.1, 0.15) is 5.82 Å². The van der Waals surface area contributed by atoms with Gasteiger partial charge in [0, 0.05) is 13.2 Å². The highest BCUT2D eigenvalue weighted by molar-refractivity contribution is 7.71. The predicted molar refractivity (Wildman–Crippen MR) is 69.9 cm³/mol. The summed E-state index contributed by atoms with van der Waals surface area (Å²) in [7, 11) is 1.84. The van der Waals surface area contributed by atoms with Crippen molar-refractivity contribution in [2.45, 2.75) is 6.92 Å². The van der Waals surface area contributed by atoms with Crippen molar-refractivity contribution in [3.05, 3.63) is 40.7 Å². The number of aromatic nitrogens is 4. The minimum atomic E-state index is -0.239. The Labute approximate surface area is 108 Å². The van der Waals surface area contributed by atoms with Crippen LogP contribution in [0.15, 0.2) is 24.5 Å². The maximum absolute atomic E-state index is 13.5. The molecule has 0 fully saturated rings. The van der Waals surface area contributed by atoms with E-state index in [-0.39, 0.29) is 5.82 Å². The molecule has 0 saturated carbocycles. The Morgan fingerprint density at radius 3 is 2.83 bits per heavy atom. The maximum Gasteiger partial charge on any atom is 0.182 e. The fourth-order valence-corrected chi connectivity index (χ4v) is 2.33. The summed E-state index contributed by atoms with van der Waals surface area (Å²) in [6, 6.07) is 3.25. The molecule has 0 unspecified atom stereocenters. The van der Waals surface area contributed by atoms with Gasteiger partial charge in [-0.1, -0.05) is 0 Å². The molecule has 0 bridgehead atoms. The summed E-state index contributed by atoms with van der Waals surface area (Å²) < 4.78 is 17.6. The Kier molecular flexibility index (Phi) is 2.34. The fraction of sp³-hybridized carbons (Fsp3) is 0.167. The van der Waals surface area contributed by atoms with Gasteiger partial charge in [0.2, 0.25) is 0 Å². The fourth-order valence-electron chi connectivity index (χ4n) is 2.01. The quantitative estimate of drug-likeness (QED) is 0.685. The van der Waals surface area contributed by atoms with Crippen molar-refractivity contribution in [2.24, 2.45) is 7.05 Å². The van der Waals surface area contributed by atoms with Gasteiger partial charge >= 0.3 is 0 Å². The molecule has 0 saturated heterocycles. The van der Waals surface area contributed by atoms with Gasteiger partial charge in [0.25, 0.3) is 0 Å². The Morgan fingerprint density at radius 2 is 2.17 bits per heavy atom. The molecule has 1 N–H and O–H groups in total. The molecule has 0 aliphatic heterocycles. The molecule has 3 aromatic rings. The summed E-state index contributed by atoms with van der Waals surface area (Å²) in [5, 5.41) is 4.12. The first-order valence-corrected chi connectivity index (χ1v) is 5.87. The Bertz CT molecular complexity index is 796. The van der Waals surface area contributed by atoms with E-state index in [0.29, 0.717) is 15.9 Å². The van der Waals surface area contributed by atoms with Crippen LogP contribution in [0, 0.1) is 17.5 Å². The SMILES string of the molecule is Cc1cc2c(cc1F)[nH]c(=S)n2-c1cnn(C)c1. The van der Waals surface area contributed by atoms with Gasteiger partial charge in [-0.15, -0.1) is 0 Å². The maximum atomic E-state index is 13.5. The molecule has 6 heteroatoms. The number of nitrogens with one attached hydrogen (secondary N) is 1. The Hall–Kier alpha value is -1.95. The number of nitrogens with zero attached hydrogens (tertiary/aromatic N) is 3. The van der Waals surface area contributed by atoms with Crippen LogP contribution in [0.5, 0.6) is 0 Å². The van der Waals surface area contributed by atoms with Crippen LogP contribution in [-0.4, -0.2) is 19.3 Å². The van der Waals surface area contributed by atoms with Crippen molar-refractivity contribution in [3.63, 3.8) is 0 Å². The molecule has 0 spiro atoms. The number of halogens is 1. The van der Waals surface area contributed by atoms with Crippen LogP contribution in [0.2, 0.25) is 0 Å². The third kappa shape index (κ3) is 1.57. The average molecular weight is 262 g/mol. The third-order valence-corrected chi connectivity index (χ3v) is 3.20. The van der Waals surface area contributed by atoms with E-state index in [1.54, 1.807) is 23.9 Å². The summed E-state index contributed by atoms with van der Waals surface area (Å²) in [5.74, 6) is -0.239. The number of H-pyrrole nitrogens is 1. The number of fused-ring (bicyclic) bond motifs is 1. The largest absolute Gasteiger partial charge is 0.330 e. The smallest absolute Gasteiger partial charge is 0.182 e. The van der Waals surface area contributed by atoms with Crippen LogP contribution in [0.25, 0.3) is 16.7 Å². The molecule has 2 heterocycles. The molecular weight excluding hydrogens is 251 g/mol. The van der Waals surface area contributed by atoms with E-state index in [2.05, 4.69) is 10.1 Å². The van der Waals surface area contributed by atoms with Crippen LogP contribution < -0.4 is 0 Å². The molecule has 92 valence electrons. The number of hydrogen-bond donors (Lipinski definition) is 1. The van der Waals surface area contributed by atoms with Crippen molar-refractivity contribution < 1.29 is 4.39 Å². The van der Waals surface area contributed by atoms with Gasteiger partial charge in [0.05, 0.1) is 22.9 Å². The topological polar surface area (TPSA) is 38.5 Å². The first-order valence-electron chi connectivity index (χ1n) is 5.46. The second-order valence-electron chi connectivity index (χ2n) is 4.26. The highest BCUT2D eigenvalue weighted by Crippen LogP contribution is 2.22. The number of imidazole rings is 1. The zero-order valence-corrected chi connectivity index (χ0v) is 10.8. The standard InChI is InChI=1S/C12H11FN4S/c1-7-3-11-10(4-9(7)13)15-12(18)17(11)8-5-14-16(2)6-8/h3-6H,1-2H3,(H,15,18). The van der Waals surface area contributed by atoms with Crippen molar-refractivity contribution in [1.82, 2.24) is 19.3 Å². The van der Waals surface area contributed by atoms with E-state index >= 15 is 0 Å². The normalized spacial score (nSPS) is 11.3. The van der Waals surface area contributed by atoms with Crippen LogP contribution in [0.3, 0.4) is 0 Å². The highest BCUT2D eigenvalue weighted by atomic mass is 32.1. The zero-order valence-electron chi connectivity index (χ0n) is 9.94. The molecule has 4 nitrogen and oxygen atoms in total. The molecule has 1 aromatic carbocycles. The second kappa shape index (κ2) is 3.78. The summed E-state index contributed by atoms with van der Waals surface area (Å²) in [6.45, 7) is 1.73. The van der Waals surface area contributed by atoms with Gasteiger partial charge in [0.15, 0.2) is 4.77 Å².